The average Bonchev–Trinajstić information content (AvgIpc) is 2.45. The number of hydrogen-bond donors (Lipinski definition) is 3. The highest BCUT2D eigenvalue weighted by Gasteiger charge is 2.22. The third kappa shape index (κ3) is 8.47. The molecule has 0 heterocycles. The van der Waals surface area contributed by atoms with Gasteiger partial charge in [-0.15, -0.1) is 0 Å². The van der Waals surface area contributed by atoms with Gasteiger partial charge in [-0.2, -0.15) is 11.8 Å². The first-order valence-corrected chi connectivity index (χ1v) is 9.08. The van der Waals surface area contributed by atoms with Crippen LogP contribution in [0.1, 0.15) is 39.0 Å². The van der Waals surface area contributed by atoms with Crippen molar-refractivity contribution in [3.05, 3.63) is 0 Å². The second kappa shape index (κ2) is 11.8. The van der Waals surface area contributed by atoms with Gasteiger partial charge in [-0.05, 0) is 30.9 Å². The Balaban J connectivity index is 1.93. The maximum absolute atomic E-state index is 9.88. The lowest BCUT2D eigenvalue weighted by Gasteiger charge is -2.29. The van der Waals surface area contributed by atoms with Crippen molar-refractivity contribution in [2.24, 2.45) is 5.92 Å². The summed E-state index contributed by atoms with van der Waals surface area (Å²) in [4.78, 5) is 0. The number of nitrogens with one attached hydrogen (secondary N) is 1. The van der Waals surface area contributed by atoms with E-state index >= 15 is 0 Å². The van der Waals surface area contributed by atoms with Crippen LogP contribution >= 0.6 is 11.8 Å². The summed E-state index contributed by atoms with van der Waals surface area (Å²) in [5.41, 5.74) is 0. The van der Waals surface area contributed by atoms with Crippen molar-refractivity contribution in [3.63, 3.8) is 0 Å². The van der Waals surface area contributed by atoms with Gasteiger partial charge in [0.05, 0.1) is 18.8 Å². The fourth-order valence-electron chi connectivity index (χ4n) is 2.51. The molecule has 3 unspecified atom stereocenters. The number of hydrogen-bond acceptors (Lipinski definition) is 5. The van der Waals surface area contributed by atoms with E-state index in [0.29, 0.717) is 25.2 Å². The molecule has 1 rings (SSSR count). The molecule has 0 aromatic heterocycles. The van der Waals surface area contributed by atoms with Gasteiger partial charge in [-0.25, -0.2) is 0 Å². The van der Waals surface area contributed by atoms with Crippen LogP contribution in [0.3, 0.4) is 0 Å². The van der Waals surface area contributed by atoms with Crippen molar-refractivity contribution < 1.29 is 14.9 Å². The molecule has 0 amide bonds. The normalized spacial score (nSPS) is 24.8. The minimum Gasteiger partial charge on any atom is -0.396 e. The third-order valence-corrected chi connectivity index (χ3v) is 4.86. The Kier molecular flexibility index (Phi) is 10.8. The largest absolute Gasteiger partial charge is 0.396 e. The molecular formula is C15H31NO3S. The quantitative estimate of drug-likeness (QED) is 0.507. The molecule has 0 saturated heterocycles. The number of ether oxygens (including phenoxy) is 1. The summed E-state index contributed by atoms with van der Waals surface area (Å²) < 4.78 is 5.84. The lowest BCUT2D eigenvalue weighted by atomic mass is 9.88. The van der Waals surface area contributed by atoms with Gasteiger partial charge in [0.25, 0.3) is 0 Å². The fourth-order valence-corrected chi connectivity index (χ4v) is 3.33. The van der Waals surface area contributed by atoms with Crippen LogP contribution in [0.25, 0.3) is 0 Å². The molecule has 0 aromatic carbocycles. The molecular weight excluding hydrogens is 274 g/mol. The van der Waals surface area contributed by atoms with Gasteiger partial charge in [-0.3, -0.25) is 0 Å². The zero-order chi connectivity index (χ0) is 14.6. The van der Waals surface area contributed by atoms with Crippen LogP contribution in [0.4, 0.5) is 0 Å². The minimum atomic E-state index is -0.411. The van der Waals surface area contributed by atoms with Crippen LogP contribution in [-0.4, -0.2) is 60.2 Å². The first-order chi connectivity index (χ1) is 9.74. The topological polar surface area (TPSA) is 61.7 Å². The highest BCUT2D eigenvalue weighted by molar-refractivity contribution is 7.99. The molecule has 3 N–H and O–H groups in total. The first kappa shape index (κ1) is 18.2. The van der Waals surface area contributed by atoms with E-state index in [2.05, 4.69) is 12.2 Å². The van der Waals surface area contributed by atoms with Crippen molar-refractivity contribution in [1.82, 2.24) is 5.32 Å². The summed E-state index contributed by atoms with van der Waals surface area (Å²) in [6.45, 7) is 4.46. The summed E-state index contributed by atoms with van der Waals surface area (Å²) in [6.07, 6.45) is 5.76. The maximum Gasteiger partial charge on any atom is 0.0897 e. The summed E-state index contributed by atoms with van der Waals surface area (Å²) in [7, 11) is 0. The predicted octanol–water partition coefficient (Wildman–Crippen LogP) is 1.65. The molecule has 5 heteroatoms. The Hall–Kier alpha value is 0.190. The fraction of sp³-hybridized carbons (Fsp3) is 1.00. The monoisotopic (exact) mass is 305 g/mol. The van der Waals surface area contributed by atoms with Crippen LogP contribution in [0, 0.1) is 5.92 Å². The van der Waals surface area contributed by atoms with E-state index < -0.39 is 6.10 Å². The molecule has 1 aliphatic rings. The van der Waals surface area contributed by atoms with E-state index in [4.69, 9.17) is 9.84 Å². The molecule has 1 fully saturated rings. The van der Waals surface area contributed by atoms with Crippen molar-refractivity contribution in [3.8, 4) is 0 Å². The summed E-state index contributed by atoms with van der Waals surface area (Å²) >= 11 is 1.83. The highest BCUT2D eigenvalue weighted by Crippen LogP contribution is 2.26. The van der Waals surface area contributed by atoms with Gasteiger partial charge in [0, 0.05) is 25.4 Å². The van der Waals surface area contributed by atoms with E-state index in [1.165, 1.54) is 19.3 Å². The number of thioether (sulfide) groups is 1. The zero-order valence-electron chi connectivity index (χ0n) is 12.7. The van der Waals surface area contributed by atoms with Gasteiger partial charge in [0.15, 0.2) is 0 Å². The maximum atomic E-state index is 9.88. The van der Waals surface area contributed by atoms with E-state index in [1.54, 1.807) is 0 Å². The lowest BCUT2D eigenvalue weighted by Crippen LogP contribution is -2.35. The van der Waals surface area contributed by atoms with Crippen LogP contribution in [-0.2, 0) is 4.74 Å². The van der Waals surface area contributed by atoms with E-state index in [0.717, 1.165) is 30.9 Å². The molecule has 120 valence electrons. The van der Waals surface area contributed by atoms with Crippen LogP contribution < -0.4 is 5.32 Å². The third-order valence-electron chi connectivity index (χ3n) is 3.79. The van der Waals surface area contributed by atoms with Crippen LogP contribution in [0.15, 0.2) is 0 Å². The van der Waals surface area contributed by atoms with Gasteiger partial charge < -0.3 is 20.3 Å². The average molecular weight is 305 g/mol. The van der Waals surface area contributed by atoms with E-state index in [9.17, 15) is 5.11 Å². The predicted molar refractivity (Wildman–Crippen MR) is 85.3 cm³/mol. The molecule has 0 aromatic rings. The summed E-state index contributed by atoms with van der Waals surface area (Å²) in [5, 5.41) is 21.8. The Labute approximate surface area is 127 Å². The summed E-state index contributed by atoms with van der Waals surface area (Å²) in [6, 6.07) is 0. The Morgan fingerprint density at radius 3 is 2.85 bits per heavy atom. The standard InChI is InChI=1S/C15H31NO3S/c1-13-5-2-3-6-15(13)19-12-14(18)11-16-7-10-20-9-4-8-17/h13-18H,2-12H2,1H3. The van der Waals surface area contributed by atoms with Crippen molar-refractivity contribution >= 4 is 11.8 Å². The van der Waals surface area contributed by atoms with Gasteiger partial charge in [0.1, 0.15) is 0 Å². The lowest BCUT2D eigenvalue weighted by molar-refractivity contribution is -0.0450. The smallest absolute Gasteiger partial charge is 0.0897 e. The van der Waals surface area contributed by atoms with Gasteiger partial charge >= 0.3 is 0 Å². The van der Waals surface area contributed by atoms with Gasteiger partial charge in [-0.1, -0.05) is 19.8 Å². The number of aliphatic hydroxyl groups is 2. The molecule has 20 heavy (non-hydrogen) atoms. The van der Waals surface area contributed by atoms with Crippen molar-refractivity contribution in [1.29, 1.82) is 0 Å². The molecule has 1 aliphatic carbocycles. The Morgan fingerprint density at radius 1 is 1.30 bits per heavy atom. The molecule has 0 radical (unpaired) electrons. The molecule has 3 atom stereocenters. The van der Waals surface area contributed by atoms with E-state index in [1.807, 2.05) is 11.8 Å². The minimum absolute atomic E-state index is 0.274. The van der Waals surface area contributed by atoms with Crippen molar-refractivity contribution in [2.45, 2.75) is 51.2 Å². The zero-order valence-corrected chi connectivity index (χ0v) is 13.5. The Morgan fingerprint density at radius 2 is 2.10 bits per heavy atom. The van der Waals surface area contributed by atoms with Crippen LogP contribution in [0.2, 0.25) is 0 Å². The number of aliphatic hydroxyl groups excluding tert-OH is 2. The molecule has 0 bridgehead atoms. The van der Waals surface area contributed by atoms with Crippen LogP contribution in [0.5, 0.6) is 0 Å². The second-order valence-corrected chi connectivity index (χ2v) is 6.91. The SMILES string of the molecule is CC1CCCCC1OCC(O)CNCCSCCCO. The molecule has 0 aliphatic heterocycles. The van der Waals surface area contributed by atoms with E-state index in [-0.39, 0.29) is 6.61 Å². The Bertz CT molecular complexity index is 231. The van der Waals surface area contributed by atoms with Crippen molar-refractivity contribution in [2.75, 3.05) is 37.8 Å². The van der Waals surface area contributed by atoms with Gasteiger partial charge in [0.2, 0.25) is 0 Å². The second-order valence-electron chi connectivity index (χ2n) is 5.68. The molecule has 0 spiro atoms. The molecule has 1 saturated carbocycles. The summed E-state index contributed by atoms with van der Waals surface area (Å²) in [5.74, 6) is 2.66. The highest BCUT2D eigenvalue weighted by atomic mass is 32.2. The first-order valence-electron chi connectivity index (χ1n) is 7.93. The number of rotatable bonds is 11. The molecule has 4 nitrogen and oxygen atoms in total.